The van der Waals surface area contributed by atoms with Crippen LogP contribution in [0, 0.1) is 5.92 Å². The number of sulfone groups is 1. The quantitative estimate of drug-likeness (QED) is 0.262. The molecule has 1 saturated carbocycles. The molecule has 4 aromatic rings. The maximum absolute atomic E-state index is 15.4. The summed E-state index contributed by atoms with van der Waals surface area (Å²) in [6, 6.07) is 13.7. The van der Waals surface area contributed by atoms with Crippen LogP contribution >= 0.6 is 23.2 Å². The lowest BCUT2D eigenvalue weighted by Gasteiger charge is -2.20. The van der Waals surface area contributed by atoms with Gasteiger partial charge in [-0.1, -0.05) is 40.5 Å². The third kappa shape index (κ3) is 4.03. The second-order valence-corrected chi connectivity index (χ2v) is 14.2. The molecule has 0 amide bonds. The number of aromatic nitrogens is 4. The number of pyridine rings is 1. The Morgan fingerprint density at radius 2 is 1.88 bits per heavy atom. The van der Waals surface area contributed by atoms with Gasteiger partial charge in [-0.05, 0) is 72.2 Å². The fourth-order valence-corrected chi connectivity index (χ4v) is 8.73. The molecule has 3 aliphatic heterocycles. The molecule has 3 atom stereocenters. The number of hydrogen-bond donors (Lipinski definition) is 0. The Labute approximate surface area is 250 Å². The number of aryl methyl sites for hydroxylation is 1. The SMILES string of the molecule is O=c1cc(-c2cc(Cl)ccc2-n2cc(Cl)nn2)cc2n1[C@H](C1=NC(F)=C(c3ccc4c(c3)S(=O)(=O)CCC4)C1)[C@H]1C[C@@H]21. The monoisotopic (exact) mass is 621 g/mol. The number of rotatable bonds is 4. The van der Waals surface area contributed by atoms with Crippen LogP contribution in [0.5, 0.6) is 0 Å². The molecule has 0 bridgehead atoms. The van der Waals surface area contributed by atoms with Crippen molar-refractivity contribution in [3.05, 3.63) is 98.0 Å². The lowest BCUT2D eigenvalue weighted by Crippen LogP contribution is -2.29. The molecule has 42 heavy (non-hydrogen) atoms. The summed E-state index contributed by atoms with van der Waals surface area (Å²) in [7, 11) is -3.39. The molecule has 2 aromatic carbocycles. The summed E-state index contributed by atoms with van der Waals surface area (Å²) >= 11 is 12.4. The first-order valence-corrected chi connectivity index (χ1v) is 16.1. The van der Waals surface area contributed by atoms with Crippen LogP contribution in [0.4, 0.5) is 4.39 Å². The molecule has 1 aliphatic carbocycles. The zero-order valence-electron chi connectivity index (χ0n) is 22.0. The van der Waals surface area contributed by atoms with Crippen LogP contribution in [0.15, 0.2) is 75.4 Å². The van der Waals surface area contributed by atoms with Crippen molar-refractivity contribution in [1.82, 2.24) is 19.6 Å². The molecular formula is C30H22Cl2FN5O3S. The summed E-state index contributed by atoms with van der Waals surface area (Å²) in [4.78, 5) is 18.3. The smallest absolute Gasteiger partial charge is 0.251 e. The van der Waals surface area contributed by atoms with Gasteiger partial charge in [-0.2, -0.15) is 4.39 Å². The van der Waals surface area contributed by atoms with E-state index >= 15 is 4.39 Å². The fraction of sp³-hybridized carbons (Fsp3) is 0.267. The van der Waals surface area contributed by atoms with Gasteiger partial charge in [0, 0.05) is 46.0 Å². The molecular weight excluding hydrogens is 600 g/mol. The molecule has 4 aliphatic rings. The predicted molar refractivity (Wildman–Crippen MR) is 158 cm³/mol. The van der Waals surface area contributed by atoms with Crippen molar-refractivity contribution in [2.45, 2.75) is 42.5 Å². The van der Waals surface area contributed by atoms with Crippen LogP contribution in [0.3, 0.4) is 0 Å². The van der Waals surface area contributed by atoms with E-state index in [1.54, 1.807) is 53.2 Å². The topological polar surface area (TPSA) is 99.2 Å². The third-order valence-corrected chi connectivity index (χ3v) is 11.1. The molecule has 212 valence electrons. The molecule has 8 nitrogen and oxygen atoms in total. The van der Waals surface area contributed by atoms with Crippen LogP contribution in [-0.4, -0.2) is 39.4 Å². The molecule has 0 unspecified atom stereocenters. The van der Waals surface area contributed by atoms with Gasteiger partial charge in [0.2, 0.25) is 5.95 Å². The first kappa shape index (κ1) is 26.1. The summed E-state index contributed by atoms with van der Waals surface area (Å²) in [5, 5.41) is 8.68. The van der Waals surface area contributed by atoms with Crippen molar-refractivity contribution in [1.29, 1.82) is 0 Å². The van der Waals surface area contributed by atoms with E-state index in [9.17, 15) is 13.2 Å². The van der Waals surface area contributed by atoms with Gasteiger partial charge in [0.15, 0.2) is 15.0 Å². The van der Waals surface area contributed by atoms with Gasteiger partial charge in [0.05, 0.1) is 28.6 Å². The zero-order valence-corrected chi connectivity index (χ0v) is 24.3. The zero-order chi connectivity index (χ0) is 28.9. The Morgan fingerprint density at radius 1 is 1.02 bits per heavy atom. The number of benzene rings is 2. The number of allylic oxidation sites excluding steroid dienone is 1. The van der Waals surface area contributed by atoms with Crippen molar-refractivity contribution in [2.75, 3.05) is 5.75 Å². The molecule has 5 heterocycles. The van der Waals surface area contributed by atoms with E-state index in [1.165, 1.54) is 4.68 Å². The Hall–Kier alpha value is -3.60. The lowest BCUT2D eigenvalue weighted by atomic mass is 9.96. The van der Waals surface area contributed by atoms with Crippen LogP contribution in [0.25, 0.3) is 22.4 Å². The van der Waals surface area contributed by atoms with Crippen LogP contribution in [0.2, 0.25) is 10.2 Å². The number of hydrogen-bond acceptors (Lipinski definition) is 6. The van der Waals surface area contributed by atoms with E-state index in [0.717, 1.165) is 17.7 Å². The Morgan fingerprint density at radius 3 is 2.69 bits per heavy atom. The Balaban J connectivity index is 1.14. The van der Waals surface area contributed by atoms with E-state index in [1.807, 2.05) is 6.07 Å². The standard InChI is InChI=1S/C30H22Cl2FN5O3S/c31-18-5-6-24(37-14-27(32)35-36-37)19(11-18)17-8-25-21-12-22(21)29(38(25)28(39)10-17)23-13-20(30(33)34-23)16-4-3-15-2-1-7-42(40,41)26(15)9-16/h3-6,8-11,14,21-22,29H,1-2,7,12-13H2/t21-,22+,29+/m1/s1. The second kappa shape index (κ2) is 9.20. The highest BCUT2D eigenvalue weighted by molar-refractivity contribution is 7.91. The molecule has 0 saturated heterocycles. The average Bonchev–Trinajstić information content (AvgIpc) is 3.27. The minimum absolute atomic E-state index is 0.100. The first-order valence-electron chi connectivity index (χ1n) is 13.6. The highest BCUT2D eigenvalue weighted by Crippen LogP contribution is 2.60. The van der Waals surface area contributed by atoms with Crippen molar-refractivity contribution in [3.63, 3.8) is 0 Å². The van der Waals surface area contributed by atoms with E-state index < -0.39 is 15.8 Å². The highest BCUT2D eigenvalue weighted by atomic mass is 35.5. The molecule has 1 fully saturated rings. The summed E-state index contributed by atoms with van der Waals surface area (Å²) in [6.07, 6.45) is 3.96. The minimum Gasteiger partial charge on any atom is -0.303 e. The molecule has 2 aromatic heterocycles. The highest BCUT2D eigenvalue weighted by Gasteiger charge is 2.55. The van der Waals surface area contributed by atoms with Gasteiger partial charge in [0.25, 0.3) is 5.56 Å². The van der Waals surface area contributed by atoms with Crippen LogP contribution < -0.4 is 5.56 Å². The van der Waals surface area contributed by atoms with Gasteiger partial charge in [-0.15, -0.1) is 5.10 Å². The maximum atomic E-state index is 15.4. The molecule has 12 heteroatoms. The number of aliphatic imine (C=N–C) groups is 1. The maximum Gasteiger partial charge on any atom is 0.251 e. The van der Waals surface area contributed by atoms with Crippen molar-refractivity contribution >= 4 is 44.3 Å². The first-order chi connectivity index (χ1) is 20.2. The summed E-state index contributed by atoms with van der Waals surface area (Å²) in [5.74, 6) is -0.211. The predicted octanol–water partition coefficient (Wildman–Crippen LogP) is 5.96. The lowest BCUT2D eigenvalue weighted by molar-refractivity contribution is 0.579. The van der Waals surface area contributed by atoms with Gasteiger partial charge in [-0.3, -0.25) is 4.79 Å². The molecule has 0 spiro atoms. The minimum atomic E-state index is -3.39. The van der Waals surface area contributed by atoms with Gasteiger partial charge < -0.3 is 4.57 Å². The summed E-state index contributed by atoms with van der Waals surface area (Å²) in [5.41, 5.74) is 4.98. The molecule has 0 N–H and O–H groups in total. The largest absolute Gasteiger partial charge is 0.303 e. The summed E-state index contributed by atoms with van der Waals surface area (Å²) < 4.78 is 44.0. The Kier molecular flexibility index (Phi) is 5.71. The normalized spacial score (nSPS) is 23.4. The van der Waals surface area contributed by atoms with E-state index in [2.05, 4.69) is 15.3 Å². The van der Waals surface area contributed by atoms with Crippen LogP contribution in [-0.2, 0) is 16.3 Å². The summed E-state index contributed by atoms with van der Waals surface area (Å²) in [6.45, 7) is 0. The Bertz CT molecular complexity index is 2080. The number of halogens is 3. The van der Waals surface area contributed by atoms with Crippen molar-refractivity contribution in [3.8, 4) is 16.8 Å². The van der Waals surface area contributed by atoms with Crippen LogP contribution in [0.1, 0.15) is 48.0 Å². The van der Waals surface area contributed by atoms with E-state index in [0.29, 0.717) is 51.5 Å². The van der Waals surface area contributed by atoms with Crippen molar-refractivity contribution < 1.29 is 12.8 Å². The molecule has 8 rings (SSSR count). The second-order valence-electron chi connectivity index (χ2n) is 11.3. The number of nitrogens with zero attached hydrogens (tertiary/aromatic N) is 5. The van der Waals surface area contributed by atoms with Gasteiger partial charge in [-0.25, -0.2) is 18.1 Å². The van der Waals surface area contributed by atoms with E-state index in [-0.39, 0.29) is 45.7 Å². The van der Waals surface area contributed by atoms with Gasteiger partial charge >= 0.3 is 0 Å². The fourth-order valence-electron chi connectivity index (χ4n) is 6.81. The van der Waals surface area contributed by atoms with E-state index in [4.69, 9.17) is 23.2 Å². The number of fused-ring (bicyclic) bond motifs is 4. The van der Waals surface area contributed by atoms with Gasteiger partial charge in [0.1, 0.15) is 0 Å². The van der Waals surface area contributed by atoms with Crippen molar-refractivity contribution in [2.24, 2.45) is 10.9 Å². The average molecular weight is 623 g/mol. The third-order valence-electron chi connectivity index (χ3n) is 8.78. The molecule has 0 radical (unpaired) electrons.